The van der Waals surface area contributed by atoms with Gasteiger partial charge >= 0.3 is 0 Å². The molecule has 0 aliphatic carbocycles. The van der Waals surface area contributed by atoms with E-state index in [-0.39, 0.29) is 5.60 Å². The van der Waals surface area contributed by atoms with E-state index < -0.39 is 0 Å². The van der Waals surface area contributed by atoms with Gasteiger partial charge < -0.3 is 14.5 Å². The molecule has 1 N–H and O–H groups in total. The molecular formula is C16H28N2O2. The Hall–Kier alpha value is -0.840. The molecule has 2 heterocycles. The molecule has 0 spiro atoms. The van der Waals surface area contributed by atoms with E-state index in [0.717, 1.165) is 57.3 Å². The van der Waals surface area contributed by atoms with Crippen LogP contribution in [0.2, 0.25) is 0 Å². The van der Waals surface area contributed by atoms with Crippen LogP contribution in [0.15, 0.2) is 10.5 Å². The van der Waals surface area contributed by atoms with Gasteiger partial charge in [0.2, 0.25) is 0 Å². The number of nitrogens with zero attached hydrogens (tertiary/aromatic N) is 1. The molecular weight excluding hydrogens is 252 g/mol. The van der Waals surface area contributed by atoms with Crippen molar-refractivity contribution in [2.24, 2.45) is 0 Å². The van der Waals surface area contributed by atoms with Gasteiger partial charge in [-0.25, -0.2) is 0 Å². The molecule has 2 rings (SSSR count). The zero-order valence-corrected chi connectivity index (χ0v) is 13.3. The molecule has 1 fully saturated rings. The maximum Gasteiger partial charge on any atom is 0.118 e. The predicted octanol–water partition coefficient (Wildman–Crippen LogP) is 2.70. The average molecular weight is 280 g/mol. The van der Waals surface area contributed by atoms with Crippen molar-refractivity contribution in [3.63, 3.8) is 0 Å². The molecule has 1 aromatic heterocycles. The van der Waals surface area contributed by atoms with E-state index in [2.05, 4.69) is 44.0 Å². The van der Waals surface area contributed by atoms with Crippen LogP contribution in [0.5, 0.6) is 0 Å². The number of hydrogen-bond donors (Lipinski definition) is 1. The van der Waals surface area contributed by atoms with E-state index in [1.165, 1.54) is 5.56 Å². The standard InChI is InChI=1S/C16H28N2O2/c1-5-6-17-10-14-9-15(20-13(14)2)11-18-7-8-19-16(3,4)12-18/h9,17H,5-8,10-12H2,1-4H3. The van der Waals surface area contributed by atoms with Crippen molar-refractivity contribution in [3.8, 4) is 0 Å². The lowest BCUT2D eigenvalue weighted by molar-refractivity contribution is -0.0894. The molecule has 0 atom stereocenters. The summed E-state index contributed by atoms with van der Waals surface area (Å²) in [6.07, 6.45) is 1.16. The van der Waals surface area contributed by atoms with Crippen molar-refractivity contribution >= 4 is 0 Å². The lowest BCUT2D eigenvalue weighted by atomic mass is 10.1. The molecule has 0 saturated carbocycles. The van der Waals surface area contributed by atoms with Crippen LogP contribution >= 0.6 is 0 Å². The van der Waals surface area contributed by atoms with Crippen LogP contribution in [0.4, 0.5) is 0 Å². The second kappa shape index (κ2) is 6.74. The van der Waals surface area contributed by atoms with Crippen LogP contribution in [0, 0.1) is 6.92 Å². The highest BCUT2D eigenvalue weighted by Gasteiger charge is 2.27. The minimum absolute atomic E-state index is 0.0502. The maximum atomic E-state index is 5.89. The average Bonchev–Trinajstić information content (AvgIpc) is 2.69. The Morgan fingerprint density at radius 3 is 2.90 bits per heavy atom. The zero-order chi connectivity index (χ0) is 14.6. The molecule has 4 heteroatoms. The highest BCUT2D eigenvalue weighted by atomic mass is 16.5. The molecule has 0 amide bonds. The Morgan fingerprint density at radius 2 is 2.20 bits per heavy atom. The minimum atomic E-state index is -0.0502. The normalized spacial score (nSPS) is 19.4. The molecule has 1 aromatic rings. The summed E-state index contributed by atoms with van der Waals surface area (Å²) in [4.78, 5) is 2.41. The molecule has 4 nitrogen and oxygen atoms in total. The molecule has 1 saturated heterocycles. The predicted molar refractivity (Wildman–Crippen MR) is 80.8 cm³/mol. The largest absolute Gasteiger partial charge is 0.465 e. The Bertz CT molecular complexity index is 426. The fourth-order valence-corrected chi connectivity index (χ4v) is 2.71. The van der Waals surface area contributed by atoms with Crippen molar-refractivity contribution < 1.29 is 9.15 Å². The molecule has 1 aliphatic rings. The molecule has 1 aliphatic heterocycles. The van der Waals surface area contributed by atoms with Crippen molar-refractivity contribution in [3.05, 3.63) is 23.2 Å². The van der Waals surface area contributed by atoms with Gasteiger partial charge in [-0.2, -0.15) is 0 Å². The van der Waals surface area contributed by atoms with Gasteiger partial charge in [0, 0.05) is 25.2 Å². The van der Waals surface area contributed by atoms with Gasteiger partial charge in [0.15, 0.2) is 0 Å². The van der Waals surface area contributed by atoms with Gasteiger partial charge in [0.05, 0.1) is 18.8 Å². The number of ether oxygens (including phenoxy) is 1. The first-order valence-corrected chi connectivity index (χ1v) is 7.65. The molecule has 0 radical (unpaired) electrons. The lowest BCUT2D eigenvalue weighted by Crippen LogP contribution is -2.47. The van der Waals surface area contributed by atoms with Gasteiger partial charge in [-0.3, -0.25) is 4.90 Å². The van der Waals surface area contributed by atoms with E-state index in [0.29, 0.717) is 0 Å². The van der Waals surface area contributed by atoms with Crippen molar-refractivity contribution in [1.29, 1.82) is 0 Å². The van der Waals surface area contributed by atoms with E-state index in [1.54, 1.807) is 0 Å². The SMILES string of the molecule is CCCNCc1cc(CN2CCOC(C)(C)C2)oc1C. The molecule has 114 valence electrons. The smallest absolute Gasteiger partial charge is 0.118 e. The summed E-state index contributed by atoms with van der Waals surface area (Å²) < 4.78 is 11.6. The van der Waals surface area contributed by atoms with Crippen LogP contribution < -0.4 is 5.32 Å². The summed E-state index contributed by atoms with van der Waals surface area (Å²) in [6.45, 7) is 14.1. The minimum Gasteiger partial charge on any atom is -0.465 e. The maximum absolute atomic E-state index is 5.89. The summed E-state index contributed by atoms with van der Waals surface area (Å²) in [5, 5.41) is 3.43. The second-order valence-electron chi connectivity index (χ2n) is 6.29. The number of rotatable bonds is 6. The third-order valence-electron chi connectivity index (χ3n) is 3.70. The first kappa shape index (κ1) is 15.5. The fourth-order valence-electron chi connectivity index (χ4n) is 2.71. The van der Waals surface area contributed by atoms with Crippen molar-refractivity contribution in [2.45, 2.75) is 52.8 Å². The van der Waals surface area contributed by atoms with Crippen LogP contribution in [0.25, 0.3) is 0 Å². The van der Waals surface area contributed by atoms with Gasteiger partial charge in [-0.15, -0.1) is 0 Å². The highest BCUT2D eigenvalue weighted by Crippen LogP contribution is 2.21. The summed E-state index contributed by atoms with van der Waals surface area (Å²) in [6, 6.07) is 2.19. The van der Waals surface area contributed by atoms with Crippen LogP contribution in [0.3, 0.4) is 0 Å². The number of nitrogens with one attached hydrogen (secondary N) is 1. The van der Waals surface area contributed by atoms with Crippen LogP contribution in [0.1, 0.15) is 44.3 Å². The van der Waals surface area contributed by atoms with E-state index in [4.69, 9.17) is 9.15 Å². The Morgan fingerprint density at radius 1 is 1.40 bits per heavy atom. The van der Waals surface area contributed by atoms with Gasteiger partial charge in [-0.1, -0.05) is 6.92 Å². The van der Waals surface area contributed by atoms with E-state index in [1.807, 2.05) is 0 Å². The van der Waals surface area contributed by atoms with Crippen LogP contribution in [-0.4, -0.2) is 36.7 Å². The van der Waals surface area contributed by atoms with E-state index in [9.17, 15) is 0 Å². The number of hydrogen-bond acceptors (Lipinski definition) is 4. The molecule has 0 aromatic carbocycles. The third kappa shape index (κ3) is 4.33. The van der Waals surface area contributed by atoms with Crippen molar-refractivity contribution in [2.75, 3.05) is 26.2 Å². The molecule has 0 bridgehead atoms. The monoisotopic (exact) mass is 280 g/mol. The topological polar surface area (TPSA) is 37.6 Å². The Balaban J connectivity index is 1.91. The van der Waals surface area contributed by atoms with E-state index >= 15 is 0 Å². The summed E-state index contributed by atoms with van der Waals surface area (Å²) in [5.74, 6) is 2.10. The lowest BCUT2D eigenvalue weighted by Gasteiger charge is -2.37. The summed E-state index contributed by atoms with van der Waals surface area (Å²) in [7, 11) is 0. The Labute approximate surface area is 122 Å². The number of aryl methyl sites for hydroxylation is 1. The van der Waals surface area contributed by atoms with Gasteiger partial charge in [0.1, 0.15) is 11.5 Å². The zero-order valence-electron chi connectivity index (χ0n) is 13.3. The first-order chi connectivity index (χ1) is 9.50. The highest BCUT2D eigenvalue weighted by molar-refractivity contribution is 5.20. The number of furan rings is 1. The fraction of sp³-hybridized carbons (Fsp3) is 0.750. The summed E-state index contributed by atoms with van der Waals surface area (Å²) in [5.41, 5.74) is 1.23. The van der Waals surface area contributed by atoms with Gasteiger partial charge in [0.25, 0.3) is 0 Å². The first-order valence-electron chi connectivity index (χ1n) is 7.65. The quantitative estimate of drug-likeness (QED) is 0.813. The molecule has 0 unspecified atom stereocenters. The number of morpholine rings is 1. The van der Waals surface area contributed by atoms with Crippen LogP contribution in [-0.2, 0) is 17.8 Å². The van der Waals surface area contributed by atoms with Crippen molar-refractivity contribution in [1.82, 2.24) is 10.2 Å². The Kier molecular flexibility index (Phi) is 5.24. The molecule has 20 heavy (non-hydrogen) atoms. The third-order valence-corrected chi connectivity index (χ3v) is 3.70. The van der Waals surface area contributed by atoms with Gasteiger partial charge in [-0.05, 0) is 39.8 Å². The second-order valence-corrected chi connectivity index (χ2v) is 6.29. The summed E-state index contributed by atoms with van der Waals surface area (Å²) >= 11 is 0.